The molecule has 1 atom stereocenters. The number of pyridine rings is 1. The van der Waals surface area contributed by atoms with Crippen LogP contribution >= 0.6 is 0 Å². The molecule has 0 amide bonds. The fraction of sp³-hybridized carbons (Fsp3) is 0.273. The van der Waals surface area contributed by atoms with Gasteiger partial charge in [0.2, 0.25) is 0 Å². The first-order valence-corrected chi connectivity index (χ1v) is 4.19. The summed E-state index contributed by atoms with van der Waals surface area (Å²) in [7, 11) is 1.33. The third-order valence-corrected chi connectivity index (χ3v) is 1.90. The highest BCUT2D eigenvalue weighted by molar-refractivity contribution is 5.88. The molecule has 0 spiro atoms. The van der Waals surface area contributed by atoms with Gasteiger partial charge in [-0.2, -0.15) is 0 Å². The van der Waals surface area contributed by atoms with Crippen molar-refractivity contribution in [3.05, 3.63) is 29.6 Å². The molecule has 1 unspecified atom stereocenters. The first-order valence-electron chi connectivity index (χ1n) is 4.19. The summed E-state index contributed by atoms with van der Waals surface area (Å²) < 4.78 is 4.54. The molecule has 72 valence electrons. The molecule has 3 heteroatoms. The quantitative estimate of drug-likeness (QED) is 0.524. The number of esters is 1. The van der Waals surface area contributed by atoms with Gasteiger partial charge in [-0.25, -0.2) is 4.79 Å². The largest absolute Gasteiger partial charge is 0.465 e. The monoisotopic (exact) mass is 189 g/mol. The van der Waals surface area contributed by atoms with Crippen molar-refractivity contribution in [1.82, 2.24) is 4.98 Å². The summed E-state index contributed by atoms with van der Waals surface area (Å²) in [6, 6.07) is 3.39. The van der Waals surface area contributed by atoms with Crippen LogP contribution in [0.1, 0.15) is 28.9 Å². The summed E-state index contributed by atoms with van der Waals surface area (Å²) in [4.78, 5) is 15.1. The Morgan fingerprint density at radius 1 is 1.64 bits per heavy atom. The minimum absolute atomic E-state index is 0.0401. The van der Waals surface area contributed by atoms with E-state index in [0.717, 1.165) is 5.69 Å². The van der Waals surface area contributed by atoms with E-state index < -0.39 is 5.97 Å². The number of carbonyl (C=O) groups excluding carboxylic acids is 1. The number of nitrogens with zero attached hydrogens (tertiary/aromatic N) is 1. The summed E-state index contributed by atoms with van der Waals surface area (Å²) in [6.07, 6.45) is 6.71. The Morgan fingerprint density at radius 3 is 2.79 bits per heavy atom. The summed E-state index contributed by atoms with van der Waals surface area (Å²) in [5.74, 6) is 2.13. The van der Waals surface area contributed by atoms with Crippen LogP contribution in [0.3, 0.4) is 0 Å². The van der Waals surface area contributed by atoms with E-state index in [2.05, 4.69) is 15.6 Å². The van der Waals surface area contributed by atoms with Crippen molar-refractivity contribution in [2.45, 2.75) is 12.8 Å². The molecule has 1 heterocycles. The predicted octanol–water partition coefficient (Wildman–Crippen LogP) is 1.60. The van der Waals surface area contributed by atoms with Crippen molar-refractivity contribution < 1.29 is 9.53 Å². The van der Waals surface area contributed by atoms with E-state index in [1.54, 1.807) is 12.1 Å². The first kappa shape index (κ1) is 10.3. The SMILES string of the molecule is C#CC(C)c1ccc(C(=O)OC)cn1. The molecule has 1 aromatic heterocycles. The van der Waals surface area contributed by atoms with Gasteiger partial charge in [-0.1, -0.05) is 5.92 Å². The Bertz CT molecular complexity index is 362. The van der Waals surface area contributed by atoms with Crippen molar-refractivity contribution in [2.24, 2.45) is 0 Å². The molecule has 0 N–H and O–H groups in total. The van der Waals surface area contributed by atoms with Crippen LogP contribution in [0.15, 0.2) is 18.3 Å². The fourth-order valence-corrected chi connectivity index (χ4v) is 0.985. The van der Waals surface area contributed by atoms with Crippen LogP contribution in [0.25, 0.3) is 0 Å². The summed E-state index contributed by atoms with van der Waals surface area (Å²) in [5.41, 5.74) is 1.21. The highest BCUT2D eigenvalue weighted by atomic mass is 16.5. The molecule has 0 aromatic carbocycles. The number of terminal acetylenes is 1. The number of hydrogen-bond donors (Lipinski definition) is 0. The molecule has 0 fully saturated rings. The molecule has 0 aliphatic carbocycles. The van der Waals surface area contributed by atoms with E-state index in [1.165, 1.54) is 13.3 Å². The molecular weight excluding hydrogens is 178 g/mol. The number of aromatic nitrogens is 1. The second-order valence-electron chi connectivity index (χ2n) is 2.85. The zero-order valence-electron chi connectivity index (χ0n) is 8.15. The second-order valence-corrected chi connectivity index (χ2v) is 2.85. The van der Waals surface area contributed by atoms with Crippen LogP contribution in [0.4, 0.5) is 0 Å². The lowest BCUT2D eigenvalue weighted by molar-refractivity contribution is 0.0600. The second kappa shape index (κ2) is 4.43. The van der Waals surface area contributed by atoms with Gasteiger partial charge >= 0.3 is 5.97 Å². The van der Waals surface area contributed by atoms with Gasteiger partial charge in [-0.05, 0) is 19.1 Å². The zero-order chi connectivity index (χ0) is 10.6. The molecule has 0 radical (unpaired) electrons. The third-order valence-electron chi connectivity index (χ3n) is 1.90. The maximum absolute atomic E-state index is 11.1. The minimum Gasteiger partial charge on any atom is -0.465 e. The van der Waals surface area contributed by atoms with Crippen LogP contribution in [0.5, 0.6) is 0 Å². The van der Waals surface area contributed by atoms with E-state index in [4.69, 9.17) is 6.42 Å². The Morgan fingerprint density at radius 2 is 2.36 bits per heavy atom. The standard InChI is InChI=1S/C11H11NO2/c1-4-8(2)10-6-5-9(7-12-10)11(13)14-3/h1,5-8H,2-3H3. The van der Waals surface area contributed by atoms with E-state index in [0.29, 0.717) is 5.56 Å². The maximum Gasteiger partial charge on any atom is 0.339 e. The number of methoxy groups -OCH3 is 1. The predicted molar refractivity (Wildman–Crippen MR) is 52.8 cm³/mol. The summed E-state index contributed by atoms with van der Waals surface area (Å²) in [5, 5.41) is 0. The summed E-state index contributed by atoms with van der Waals surface area (Å²) in [6.45, 7) is 1.88. The molecule has 0 saturated heterocycles. The Kier molecular flexibility index (Phi) is 3.24. The van der Waals surface area contributed by atoms with E-state index in [1.807, 2.05) is 6.92 Å². The average Bonchev–Trinajstić information content (AvgIpc) is 2.27. The van der Waals surface area contributed by atoms with Crippen LogP contribution < -0.4 is 0 Å². The summed E-state index contributed by atoms with van der Waals surface area (Å²) >= 11 is 0. The van der Waals surface area contributed by atoms with Crippen molar-refractivity contribution >= 4 is 5.97 Å². The van der Waals surface area contributed by atoms with Crippen LogP contribution in [-0.4, -0.2) is 18.1 Å². The van der Waals surface area contributed by atoms with Gasteiger partial charge in [0.05, 0.1) is 24.3 Å². The molecule has 0 bridgehead atoms. The lowest BCUT2D eigenvalue weighted by Crippen LogP contribution is -2.03. The van der Waals surface area contributed by atoms with E-state index in [9.17, 15) is 4.79 Å². The van der Waals surface area contributed by atoms with Gasteiger partial charge in [-0.3, -0.25) is 4.98 Å². The first-order chi connectivity index (χ1) is 6.69. The van der Waals surface area contributed by atoms with Crippen molar-refractivity contribution in [3.8, 4) is 12.3 Å². The van der Waals surface area contributed by atoms with E-state index >= 15 is 0 Å². The highest BCUT2D eigenvalue weighted by Crippen LogP contribution is 2.11. The van der Waals surface area contributed by atoms with Crippen molar-refractivity contribution in [1.29, 1.82) is 0 Å². The van der Waals surface area contributed by atoms with Crippen LogP contribution in [-0.2, 0) is 4.74 Å². The molecule has 0 aliphatic heterocycles. The molecular formula is C11H11NO2. The van der Waals surface area contributed by atoms with Crippen LogP contribution in [0, 0.1) is 12.3 Å². The number of carbonyl (C=O) groups is 1. The van der Waals surface area contributed by atoms with Gasteiger partial charge in [0, 0.05) is 6.20 Å². The number of rotatable bonds is 2. The molecule has 0 saturated carbocycles. The minimum atomic E-state index is -0.391. The average molecular weight is 189 g/mol. The Labute approximate surface area is 83.1 Å². The van der Waals surface area contributed by atoms with Crippen LogP contribution in [0.2, 0.25) is 0 Å². The molecule has 1 rings (SSSR count). The highest BCUT2D eigenvalue weighted by Gasteiger charge is 2.07. The van der Waals surface area contributed by atoms with Crippen molar-refractivity contribution in [2.75, 3.05) is 7.11 Å². The molecule has 3 nitrogen and oxygen atoms in total. The van der Waals surface area contributed by atoms with Gasteiger partial charge in [0.1, 0.15) is 0 Å². The Balaban J connectivity index is 2.90. The van der Waals surface area contributed by atoms with Gasteiger partial charge in [0.25, 0.3) is 0 Å². The Hall–Kier alpha value is -1.82. The lowest BCUT2D eigenvalue weighted by atomic mass is 10.1. The normalized spacial score (nSPS) is 11.5. The smallest absolute Gasteiger partial charge is 0.339 e. The number of hydrogen-bond acceptors (Lipinski definition) is 3. The topological polar surface area (TPSA) is 39.2 Å². The van der Waals surface area contributed by atoms with Gasteiger partial charge in [-0.15, -0.1) is 6.42 Å². The molecule has 14 heavy (non-hydrogen) atoms. The van der Waals surface area contributed by atoms with Crippen molar-refractivity contribution in [3.63, 3.8) is 0 Å². The van der Waals surface area contributed by atoms with Gasteiger partial charge in [0.15, 0.2) is 0 Å². The van der Waals surface area contributed by atoms with Gasteiger partial charge < -0.3 is 4.74 Å². The maximum atomic E-state index is 11.1. The van der Waals surface area contributed by atoms with E-state index in [-0.39, 0.29) is 5.92 Å². The lowest BCUT2D eigenvalue weighted by Gasteiger charge is -2.03. The molecule has 1 aromatic rings. The zero-order valence-corrected chi connectivity index (χ0v) is 8.15. The number of ether oxygens (including phenoxy) is 1. The molecule has 0 aliphatic rings. The fourth-order valence-electron chi connectivity index (χ4n) is 0.985. The third kappa shape index (κ3) is 2.11.